The average Bonchev–Trinajstić information content (AvgIpc) is 3.46. The molecule has 0 aliphatic carbocycles. The first-order chi connectivity index (χ1) is 37.5. The van der Waals surface area contributed by atoms with Crippen molar-refractivity contribution in [3.05, 3.63) is 192 Å². The lowest BCUT2D eigenvalue weighted by Crippen LogP contribution is -2.42. The van der Waals surface area contributed by atoms with E-state index < -0.39 is 11.9 Å². The highest BCUT2D eigenvalue weighted by molar-refractivity contribution is 6.07. The summed E-state index contributed by atoms with van der Waals surface area (Å²) >= 11 is 0. The number of carbonyl (C=O) groups excluding carboxylic acids is 4. The molecule has 6 aromatic carbocycles. The third-order valence-electron chi connectivity index (χ3n) is 13.4. The topological polar surface area (TPSA) is 226 Å². The molecule has 2 amide bonds. The fraction of sp³-hybridized carbons (Fsp3) is 0.267. The molecule has 0 bridgehead atoms. The molecular formula is C60H64F2N6O10. The van der Waals surface area contributed by atoms with Crippen LogP contribution >= 0.6 is 0 Å². The van der Waals surface area contributed by atoms with E-state index in [2.05, 4.69) is 9.80 Å². The summed E-state index contributed by atoms with van der Waals surface area (Å²) < 4.78 is 37.1. The molecule has 0 radical (unpaired) electrons. The van der Waals surface area contributed by atoms with Crippen LogP contribution in [0.4, 0.5) is 31.5 Å². The predicted octanol–water partition coefficient (Wildman–Crippen LogP) is 9.03. The Morgan fingerprint density at radius 1 is 0.513 bits per heavy atom. The zero-order valence-corrected chi connectivity index (χ0v) is 43.5. The molecule has 408 valence electrons. The first kappa shape index (κ1) is 58.5. The monoisotopic (exact) mass is 1070 g/mol. The van der Waals surface area contributed by atoms with E-state index in [0.29, 0.717) is 83.5 Å². The van der Waals surface area contributed by atoms with Crippen molar-refractivity contribution in [2.45, 2.75) is 25.7 Å². The molecule has 16 nitrogen and oxygen atoms in total. The van der Waals surface area contributed by atoms with Crippen molar-refractivity contribution in [3.63, 3.8) is 0 Å². The first-order valence-corrected chi connectivity index (χ1v) is 25.3. The van der Waals surface area contributed by atoms with Crippen molar-refractivity contribution >= 4 is 58.1 Å². The lowest BCUT2D eigenvalue weighted by molar-refractivity contribution is -0.134. The smallest absolute Gasteiger partial charge is 0.328 e. The quantitative estimate of drug-likeness (QED) is 0.0358. The summed E-state index contributed by atoms with van der Waals surface area (Å²) in [4.78, 5) is 79.5. The van der Waals surface area contributed by atoms with Crippen LogP contribution in [0.25, 0.3) is 0 Å². The molecule has 6 N–H and O–H groups in total. The Morgan fingerprint density at radius 2 is 0.833 bits per heavy atom. The number of aliphatic carboxylic acids is 2. The van der Waals surface area contributed by atoms with Crippen LogP contribution in [0.15, 0.2) is 158 Å². The maximum Gasteiger partial charge on any atom is 0.328 e. The summed E-state index contributed by atoms with van der Waals surface area (Å²) in [6.45, 7) is 5.39. The number of nitrogens with two attached hydrogens (primary N) is 2. The Kier molecular flexibility index (Phi) is 21.7. The van der Waals surface area contributed by atoms with Crippen LogP contribution in [0.2, 0.25) is 0 Å². The highest BCUT2D eigenvalue weighted by Crippen LogP contribution is 2.28. The Morgan fingerprint density at radius 3 is 1.14 bits per heavy atom. The number of benzene rings is 6. The average molecular weight is 1070 g/mol. The molecule has 0 saturated carbocycles. The second-order valence-corrected chi connectivity index (χ2v) is 18.5. The molecule has 78 heavy (non-hydrogen) atoms. The van der Waals surface area contributed by atoms with E-state index in [-0.39, 0.29) is 46.9 Å². The molecule has 2 heterocycles. The van der Waals surface area contributed by atoms with Crippen LogP contribution in [-0.2, 0) is 9.59 Å². The highest BCUT2D eigenvalue weighted by atomic mass is 19.1. The second-order valence-electron chi connectivity index (χ2n) is 18.5. The molecule has 0 spiro atoms. The fourth-order valence-electron chi connectivity index (χ4n) is 8.98. The summed E-state index contributed by atoms with van der Waals surface area (Å²) in [5, 5.41) is 15.6. The molecule has 2 saturated heterocycles. The summed E-state index contributed by atoms with van der Waals surface area (Å²) in [6, 6.07) is 40.3. The second kappa shape index (κ2) is 29.0. The summed E-state index contributed by atoms with van der Waals surface area (Å²) in [5.74, 6) is -2.06. The van der Waals surface area contributed by atoms with Crippen LogP contribution in [-0.4, -0.2) is 122 Å². The molecular weight excluding hydrogens is 1000 g/mol. The van der Waals surface area contributed by atoms with Crippen molar-refractivity contribution in [2.75, 3.05) is 87.8 Å². The number of Topliss-reactive ketones (excluding diaryl/α,β-unsaturated/α-hetero) is 2. The van der Waals surface area contributed by atoms with Crippen molar-refractivity contribution < 1.29 is 57.2 Å². The lowest BCUT2D eigenvalue weighted by Gasteiger charge is -2.33. The summed E-state index contributed by atoms with van der Waals surface area (Å²) in [5.41, 5.74) is 16.6. The zero-order chi connectivity index (χ0) is 56.1. The third kappa shape index (κ3) is 17.4. The number of anilines is 4. The van der Waals surface area contributed by atoms with Gasteiger partial charge < -0.3 is 50.8 Å². The van der Waals surface area contributed by atoms with Crippen molar-refractivity contribution in [1.82, 2.24) is 9.80 Å². The molecule has 0 atom stereocenters. The van der Waals surface area contributed by atoms with Crippen LogP contribution in [0, 0.1) is 23.5 Å². The number of piperidine rings is 2. The van der Waals surface area contributed by atoms with Crippen LogP contribution in [0.3, 0.4) is 0 Å². The Bertz CT molecular complexity index is 2790. The maximum atomic E-state index is 13.4. The minimum absolute atomic E-state index is 0.0670. The van der Waals surface area contributed by atoms with Gasteiger partial charge in [0.15, 0.2) is 11.6 Å². The number of nitrogens with zero attached hydrogens (tertiary/aromatic N) is 4. The van der Waals surface area contributed by atoms with Crippen LogP contribution in [0.5, 0.6) is 11.5 Å². The van der Waals surface area contributed by atoms with Gasteiger partial charge in [-0.3, -0.25) is 19.2 Å². The number of methoxy groups -OCH3 is 2. The predicted molar refractivity (Wildman–Crippen MR) is 295 cm³/mol. The minimum Gasteiger partial charge on any atom is -0.497 e. The van der Waals surface area contributed by atoms with Crippen LogP contribution < -0.4 is 30.7 Å². The number of nitrogen functional groups attached to an aromatic ring is 2. The molecule has 2 aliphatic rings. The molecule has 6 aromatic rings. The number of hydrogen-bond acceptors (Lipinski definition) is 12. The number of hydrogen-bond donors (Lipinski definition) is 4. The van der Waals surface area contributed by atoms with Gasteiger partial charge in [-0.05, 0) is 173 Å². The van der Waals surface area contributed by atoms with Gasteiger partial charge in [0.2, 0.25) is 0 Å². The summed E-state index contributed by atoms with van der Waals surface area (Å²) in [6.07, 6.45) is 4.07. The fourth-order valence-corrected chi connectivity index (χ4v) is 8.98. The van der Waals surface area contributed by atoms with E-state index >= 15 is 0 Å². The highest BCUT2D eigenvalue weighted by Gasteiger charge is 2.29. The lowest BCUT2D eigenvalue weighted by atomic mass is 9.89. The number of carbonyl (C=O) groups is 6. The van der Waals surface area contributed by atoms with E-state index in [9.17, 15) is 37.5 Å². The van der Waals surface area contributed by atoms with Gasteiger partial charge in [0, 0.05) is 107 Å². The SMILES string of the molecule is COc1cccc(N(CCN2CCC(C(=O)c3ccc(F)cc3)CC2)C(=O)c2ccc(N)cc2)c1.COc1cccc(N(CCN2CCC(C(=O)c3ccc(F)cc3)CC2)C(=O)c2ccc(N)cc2)c1.O=C(O)/C=C/C(=O)O. The normalized spacial score (nSPS) is 13.9. The van der Waals surface area contributed by atoms with Gasteiger partial charge in [0.05, 0.1) is 14.2 Å². The minimum atomic E-state index is -1.26. The van der Waals surface area contributed by atoms with E-state index in [1.165, 1.54) is 24.3 Å². The van der Waals surface area contributed by atoms with Gasteiger partial charge in [0.25, 0.3) is 11.8 Å². The molecule has 18 heteroatoms. The largest absolute Gasteiger partial charge is 0.497 e. The molecule has 2 fully saturated rings. The Hall–Kier alpha value is -8.74. The number of rotatable bonds is 18. The number of carboxylic acid groups (broad SMARTS) is 2. The Balaban J connectivity index is 0.000000221. The van der Waals surface area contributed by atoms with Crippen molar-refractivity contribution in [2.24, 2.45) is 11.8 Å². The maximum absolute atomic E-state index is 13.4. The van der Waals surface area contributed by atoms with E-state index in [1.54, 1.807) is 96.8 Å². The Labute approximate surface area is 452 Å². The molecule has 0 aromatic heterocycles. The van der Waals surface area contributed by atoms with Crippen LogP contribution in [0.1, 0.15) is 67.1 Å². The van der Waals surface area contributed by atoms with E-state index in [0.717, 1.165) is 63.2 Å². The standard InChI is InChI=1S/2C28H30FN3O3.C4H4O4/c2*1-35-26-4-2-3-25(19-26)32(28(34)22-7-11-24(30)12-8-22)18-17-31-15-13-21(14-16-31)27(33)20-5-9-23(29)10-6-20;5-3(6)1-2-4(7)8/h2*2-12,19,21H,13-18,30H2,1H3;1-2H,(H,5,6)(H,7,8)/b;;2-1+. The summed E-state index contributed by atoms with van der Waals surface area (Å²) in [7, 11) is 3.20. The van der Waals surface area contributed by atoms with Gasteiger partial charge in [-0.1, -0.05) is 12.1 Å². The first-order valence-electron chi connectivity index (χ1n) is 25.3. The molecule has 8 rings (SSSR count). The van der Waals surface area contributed by atoms with Gasteiger partial charge in [0.1, 0.15) is 23.1 Å². The zero-order valence-electron chi connectivity index (χ0n) is 43.5. The molecule has 0 unspecified atom stereocenters. The third-order valence-corrected chi connectivity index (χ3v) is 13.4. The van der Waals surface area contributed by atoms with Gasteiger partial charge in [-0.2, -0.15) is 0 Å². The number of amides is 2. The number of likely N-dealkylation sites (tertiary alicyclic amines) is 2. The van der Waals surface area contributed by atoms with Gasteiger partial charge in [-0.25, -0.2) is 18.4 Å². The van der Waals surface area contributed by atoms with Crippen molar-refractivity contribution in [3.8, 4) is 11.5 Å². The van der Waals surface area contributed by atoms with Crippen molar-refractivity contribution in [1.29, 1.82) is 0 Å². The van der Waals surface area contributed by atoms with Gasteiger partial charge in [-0.15, -0.1) is 0 Å². The number of carboxylic acids is 2. The number of ether oxygens (including phenoxy) is 2. The number of halogens is 2. The van der Waals surface area contributed by atoms with E-state index in [1.807, 2.05) is 48.5 Å². The van der Waals surface area contributed by atoms with E-state index in [4.69, 9.17) is 31.2 Å². The number of ketones is 2. The van der Waals surface area contributed by atoms with Gasteiger partial charge >= 0.3 is 11.9 Å². The molecule has 2 aliphatic heterocycles.